The van der Waals surface area contributed by atoms with Crippen molar-refractivity contribution in [2.75, 3.05) is 13.1 Å². The van der Waals surface area contributed by atoms with Gasteiger partial charge in [0.1, 0.15) is 5.82 Å². The Bertz CT molecular complexity index is 726. The van der Waals surface area contributed by atoms with Crippen LogP contribution in [0.5, 0.6) is 0 Å². The molecule has 0 spiro atoms. The monoisotopic (exact) mass is 378 g/mol. The van der Waals surface area contributed by atoms with E-state index in [1.165, 1.54) is 19.1 Å². The van der Waals surface area contributed by atoms with Crippen LogP contribution in [0, 0.1) is 17.2 Å². The van der Waals surface area contributed by atoms with E-state index in [4.69, 9.17) is 0 Å². The van der Waals surface area contributed by atoms with Gasteiger partial charge in [-0.2, -0.15) is 0 Å². The van der Waals surface area contributed by atoms with Crippen LogP contribution in [0.4, 0.5) is 4.39 Å². The Hall–Kier alpha value is -2.44. The predicted octanol–water partition coefficient (Wildman–Crippen LogP) is 2.53. The Morgan fingerprint density at radius 1 is 1.15 bits per heavy atom. The van der Waals surface area contributed by atoms with Gasteiger partial charge in [-0.3, -0.25) is 9.59 Å². The van der Waals surface area contributed by atoms with Crippen molar-refractivity contribution in [1.82, 2.24) is 10.2 Å². The number of piperidine rings is 1. The number of hydrogen-bond donors (Lipinski definition) is 2. The lowest BCUT2D eigenvalue weighted by Crippen LogP contribution is -2.54. The number of hydrogen-bond acceptors (Lipinski definition) is 3. The van der Waals surface area contributed by atoms with Crippen molar-refractivity contribution < 1.29 is 23.9 Å². The lowest BCUT2D eigenvalue weighted by atomic mass is 9.88. The molecule has 0 radical (unpaired) electrons. The highest BCUT2D eigenvalue weighted by Crippen LogP contribution is 2.26. The minimum Gasteiger partial charge on any atom is -0.479 e. The molecule has 1 saturated heterocycles. The van der Waals surface area contributed by atoms with E-state index in [0.717, 1.165) is 12.1 Å². The number of carboxylic acid groups (broad SMARTS) is 1. The van der Waals surface area contributed by atoms with Crippen molar-refractivity contribution in [3.63, 3.8) is 0 Å². The third kappa shape index (κ3) is 4.64. The van der Waals surface area contributed by atoms with E-state index < -0.39 is 34.6 Å². The minimum atomic E-state index is -1.68. The highest BCUT2D eigenvalue weighted by Gasteiger charge is 2.40. The van der Waals surface area contributed by atoms with Crippen LogP contribution in [0.15, 0.2) is 24.3 Å². The maximum atomic E-state index is 13.2. The van der Waals surface area contributed by atoms with Crippen LogP contribution in [0.25, 0.3) is 0 Å². The zero-order valence-corrected chi connectivity index (χ0v) is 16.2. The van der Waals surface area contributed by atoms with Gasteiger partial charge in [0.25, 0.3) is 0 Å². The van der Waals surface area contributed by atoms with E-state index in [1.54, 1.807) is 4.90 Å². The second kappa shape index (κ2) is 7.66. The molecule has 7 heteroatoms. The van der Waals surface area contributed by atoms with Crippen molar-refractivity contribution in [2.24, 2.45) is 11.3 Å². The molecule has 1 aliphatic rings. The summed E-state index contributed by atoms with van der Waals surface area (Å²) in [7, 11) is 0. The molecule has 1 aliphatic heterocycles. The molecule has 0 aliphatic carbocycles. The van der Waals surface area contributed by atoms with Gasteiger partial charge in [0, 0.05) is 18.5 Å². The summed E-state index contributed by atoms with van der Waals surface area (Å²) in [6.07, 6.45) is 1.26. The van der Waals surface area contributed by atoms with Crippen molar-refractivity contribution in [2.45, 2.75) is 46.1 Å². The molecule has 2 atom stereocenters. The summed E-state index contributed by atoms with van der Waals surface area (Å²) in [5.41, 5.74) is -1.94. The van der Waals surface area contributed by atoms with Crippen LogP contribution in [0.2, 0.25) is 0 Å². The average Bonchev–Trinajstić information content (AvgIpc) is 2.60. The van der Waals surface area contributed by atoms with Gasteiger partial charge in [-0.15, -0.1) is 0 Å². The number of nitrogens with one attached hydrogen (secondary N) is 1. The molecule has 148 valence electrons. The van der Waals surface area contributed by atoms with Crippen molar-refractivity contribution in [3.8, 4) is 0 Å². The number of carbonyl (C=O) groups is 3. The fourth-order valence-corrected chi connectivity index (χ4v) is 3.23. The largest absolute Gasteiger partial charge is 0.479 e. The van der Waals surface area contributed by atoms with Gasteiger partial charge in [-0.1, -0.05) is 32.9 Å². The molecular weight excluding hydrogens is 351 g/mol. The van der Waals surface area contributed by atoms with Gasteiger partial charge in [0.05, 0.1) is 5.92 Å². The average molecular weight is 378 g/mol. The van der Waals surface area contributed by atoms with E-state index in [2.05, 4.69) is 5.32 Å². The van der Waals surface area contributed by atoms with E-state index in [1.807, 2.05) is 20.8 Å². The highest BCUT2D eigenvalue weighted by molar-refractivity contribution is 5.89. The second-order valence-corrected chi connectivity index (χ2v) is 8.27. The fourth-order valence-electron chi connectivity index (χ4n) is 3.23. The molecule has 2 unspecified atom stereocenters. The Labute approximate surface area is 158 Å². The van der Waals surface area contributed by atoms with Crippen LogP contribution in [-0.4, -0.2) is 40.9 Å². The standard InChI is InChI=1S/C20H27FN2O4/c1-19(2,3)17(25)23-11-5-6-13(12-23)16(24)22-20(4,18(26)27)14-7-9-15(21)10-8-14/h7-10,13H,5-6,11-12H2,1-4H3,(H,22,24)(H,26,27). The quantitative estimate of drug-likeness (QED) is 0.843. The molecule has 2 rings (SSSR count). The molecule has 0 aromatic heterocycles. The van der Waals surface area contributed by atoms with Crippen LogP contribution in [-0.2, 0) is 19.9 Å². The molecular formula is C20H27FN2O4. The van der Waals surface area contributed by atoms with E-state index in [-0.39, 0.29) is 18.0 Å². The summed E-state index contributed by atoms with van der Waals surface area (Å²) in [5.74, 6) is -2.65. The van der Waals surface area contributed by atoms with Crippen molar-refractivity contribution in [3.05, 3.63) is 35.6 Å². The summed E-state index contributed by atoms with van der Waals surface area (Å²) < 4.78 is 13.2. The molecule has 6 nitrogen and oxygen atoms in total. The number of halogens is 1. The third-order valence-electron chi connectivity index (χ3n) is 4.94. The van der Waals surface area contributed by atoms with Crippen molar-refractivity contribution >= 4 is 17.8 Å². The topological polar surface area (TPSA) is 86.7 Å². The lowest BCUT2D eigenvalue weighted by molar-refractivity contribution is -0.149. The van der Waals surface area contributed by atoms with E-state index in [9.17, 15) is 23.9 Å². The van der Waals surface area contributed by atoms with Crippen LogP contribution in [0.3, 0.4) is 0 Å². The normalized spacial score (nSPS) is 19.9. The molecule has 0 saturated carbocycles. The summed E-state index contributed by atoms with van der Waals surface area (Å²) in [5, 5.41) is 12.3. The van der Waals surface area contributed by atoms with Gasteiger partial charge in [0.2, 0.25) is 11.8 Å². The Balaban J connectivity index is 2.17. The minimum absolute atomic E-state index is 0.0282. The number of rotatable bonds is 4. The van der Waals surface area contributed by atoms with E-state index in [0.29, 0.717) is 19.4 Å². The molecule has 27 heavy (non-hydrogen) atoms. The maximum absolute atomic E-state index is 13.2. The highest BCUT2D eigenvalue weighted by atomic mass is 19.1. The number of carbonyl (C=O) groups excluding carboxylic acids is 2. The summed E-state index contributed by atoms with van der Waals surface area (Å²) in [4.78, 5) is 38.8. The van der Waals surface area contributed by atoms with Gasteiger partial charge in [-0.25, -0.2) is 9.18 Å². The molecule has 2 amide bonds. The zero-order chi connectivity index (χ0) is 20.4. The number of carboxylic acids is 1. The third-order valence-corrected chi connectivity index (χ3v) is 4.94. The lowest BCUT2D eigenvalue weighted by Gasteiger charge is -2.37. The van der Waals surface area contributed by atoms with Gasteiger partial charge in [0.15, 0.2) is 5.54 Å². The first-order valence-corrected chi connectivity index (χ1v) is 9.06. The molecule has 0 bridgehead atoms. The first-order valence-electron chi connectivity index (χ1n) is 9.06. The van der Waals surface area contributed by atoms with Gasteiger partial charge < -0.3 is 15.3 Å². The fraction of sp³-hybridized carbons (Fsp3) is 0.550. The Morgan fingerprint density at radius 3 is 2.26 bits per heavy atom. The summed E-state index contributed by atoms with van der Waals surface area (Å²) in [6, 6.07) is 5.01. The number of likely N-dealkylation sites (tertiary alicyclic amines) is 1. The Morgan fingerprint density at radius 2 is 1.74 bits per heavy atom. The second-order valence-electron chi connectivity index (χ2n) is 8.27. The summed E-state index contributed by atoms with van der Waals surface area (Å²) in [6.45, 7) is 7.72. The van der Waals surface area contributed by atoms with Gasteiger partial charge in [-0.05, 0) is 37.5 Å². The van der Waals surface area contributed by atoms with Crippen molar-refractivity contribution in [1.29, 1.82) is 0 Å². The van der Waals surface area contributed by atoms with Crippen LogP contribution < -0.4 is 5.32 Å². The molecule has 1 aromatic carbocycles. The zero-order valence-electron chi connectivity index (χ0n) is 16.2. The number of benzene rings is 1. The predicted molar refractivity (Wildman–Crippen MR) is 98.3 cm³/mol. The van der Waals surface area contributed by atoms with Crippen LogP contribution in [0.1, 0.15) is 46.1 Å². The van der Waals surface area contributed by atoms with E-state index >= 15 is 0 Å². The van der Waals surface area contributed by atoms with Crippen LogP contribution >= 0.6 is 0 Å². The first kappa shape index (κ1) is 20.9. The SMILES string of the molecule is CC(C)(C)C(=O)N1CCCC(C(=O)NC(C)(C(=O)O)c2ccc(F)cc2)C1. The molecule has 2 N–H and O–H groups in total. The number of amides is 2. The molecule has 1 heterocycles. The first-order chi connectivity index (χ1) is 12.4. The Kier molecular flexibility index (Phi) is 5.92. The molecule has 1 fully saturated rings. The van der Waals surface area contributed by atoms with Gasteiger partial charge >= 0.3 is 5.97 Å². The number of aliphatic carboxylic acids is 1. The number of nitrogens with zero attached hydrogens (tertiary/aromatic N) is 1. The smallest absolute Gasteiger partial charge is 0.333 e. The molecule has 1 aromatic rings. The maximum Gasteiger partial charge on any atom is 0.333 e. The summed E-state index contributed by atoms with van der Waals surface area (Å²) >= 11 is 0.